The maximum atomic E-state index is 4.38. The third-order valence-electron chi connectivity index (χ3n) is 4.69. The molecule has 2 aliphatic rings. The van der Waals surface area contributed by atoms with Gasteiger partial charge in [0.2, 0.25) is 0 Å². The molecule has 1 atom stereocenters. The Morgan fingerprint density at radius 1 is 1.12 bits per heavy atom. The highest BCUT2D eigenvalue weighted by Crippen LogP contribution is 2.39. The lowest BCUT2D eigenvalue weighted by Crippen LogP contribution is -2.14. The minimum absolute atomic E-state index is 0.734. The molecule has 0 aliphatic heterocycles. The first-order valence-corrected chi connectivity index (χ1v) is 9.93. The van der Waals surface area contributed by atoms with E-state index >= 15 is 0 Å². The Kier molecular flexibility index (Phi) is 10.1. The van der Waals surface area contributed by atoms with Crippen LogP contribution in [0.4, 0.5) is 0 Å². The fourth-order valence-corrected chi connectivity index (χ4v) is 3.34. The Morgan fingerprint density at radius 3 is 2.46 bits per heavy atom. The quantitative estimate of drug-likeness (QED) is 0.328. The molecule has 1 radical (unpaired) electrons. The summed E-state index contributed by atoms with van der Waals surface area (Å²) in [6.45, 7) is 17.0. The lowest BCUT2D eigenvalue weighted by Gasteiger charge is -2.29. The smallest absolute Gasteiger partial charge is 0.00802 e. The molecule has 0 nitrogen and oxygen atoms in total. The second-order valence-electron chi connectivity index (χ2n) is 8.28. The molecular weight excluding hydrogens is 288 g/mol. The Bertz CT molecular complexity index is 456. The zero-order valence-corrected chi connectivity index (χ0v) is 16.7. The van der Waals surface area contributed by atoms with Gasteiger partial charge in [-0.25, -0.2) is 0 Å². The molecular formula is C24H39. The highest BCUT2D eigenvalue weighted by Gasteiger charge is 2.22. The second kappa shape index (κ2) is 11.5. The number of rotatable bonds is 7. The number of unbranched alkanes of at least 4 members (excludes halogenated alkanes) is 2. The first kappa shape index (κ1) is 21.0. The Morgan fingerprint density at radius 2 is 1.79 bits per heavy atom. The van der Waals surface area contributed by atoms with Crippen molar-refractivity contribution in [2.75, 3.05) is 0 Å². The largest absolute Gasteiger partial charge is 0.100 e. The molecule has 0 aromatic heterocycles. The van der Waals surface area contributed by atoms with E-state index in [2.05, 4.69) is 59.4 Å². The first-order valence-electron chi connectivity index (χ1n) is 9.93. The molecule has 0 bridgehead atoms. The van der Waals surface area contributed by atoms with Crippen LogP contribution in [0, 0.1) is 18.3 Å². The summed E-state index contributed by atoms with van der Waals surface area (Å²) in [7, 11) is 0. The second-order valence-corrected chi connectivity index (χ2v) is 8.28. The van der Waals surface area contributed by atoms with Gasteiger partial charge in [-0.15, -0.1) is 6.58 Å². The topological polar surface area (TPSA) is 0 Å². The summed E-state index contributed by atoms with van der Waals surface area (Å²) in [5.41, 5.74) is 6.09. The van der Waals surface area contributed by atoms with Gasteiger partial charge < -0.3 is 0 Å². The highest BCUT2D eigenvalue weighted by atomic mass is 14.3. The van der Waals surface area contributed by atoms with Crippen LogP contribution in [-0.4, -0.2) is 0 Å². The molecule has 0 saturated heterocycles. The summed E-state index contributed by atoms with van der Waals surface area (Å²) >= 11 is 0. The molecule has 0 saturated carbocycles. The van der Waals surface area contributed by atoms with Crippen LogP contribution in [-0.2, 0) is 0 Å². The predicted octanol–water partition coefficient (Wildman–Crippen LogP) is 7.99. The molecule has 24 heavy (non-hydrogen) atoms. The number of hydrogen-bond acceptors (Lipinski definition) is 0. The lowest BCUT2D eigenvalue weighted by molar-refractivity contribution is 0.495. The average Bonchev–Trinajstić information content (AvgIpc) is 2.53. The number of hydrogen-bond donors (Lipinski definition) is 0. The fourth-order valence-electron chi connectivity index (χ4n) is 3.34. The van der Waals surface area contributed by atoms with Crippen LogP contribution in [0.1, 0.15) is 85.5 Å². The molecule has 0 N–H and O–H groups in total. The van der Waals surface area contributed by atoms with Gasteiger partial charge in [-0.05, 0) is 70.1 Å². The summed E-state index contributed by atoms with van der Waals surface area (Å²) < 4.78 is 0. The van der Waals surface area contributed by atoms with E-state index in [1.54, 1.807) is 11.1 Å². The molecule has 2 rings (SSSR count). The fraction of sp³-hybridized carbons (Fsp3) is 0.625. The van der Waals surface area contributed by atoms with Gasteiger partial charge in [0.05, 0.1) is 0 Å². The van der Waals surface area contributed by atoms with Gasteiger partial charge in [-0.1, -0.05) is 68.2 Å². The Hall–Kier alpha value is -1.04. The maximum Gasteiger partial charge on any atom is 0.00802 e. The Labute approximate surface area is 151 Å². The van der Waals surface area contributed by atoms with E-state index in [0.29, 0.717) is 0 Å². The van der Waals surface area contributed by atoms with Gasteiger partial charge in [0, 0.05) is 6.42 Å². The predicted molar refractivity (Wildman–Crippen MR) is 110 cm³/mol. The summed E-state index contributed by atoms with van der Waals surface area (Å²) in [6, 6.07) is 0. The van der Waals surface area contributed by atoms with Crippen LogP contribution in [0.3, 0.4) is 0 Å². The summed E-state index contributed by atoms with van der Waals surface area (Å²) in [4.78, 5) is 0. The van der Waals surface area contributed by atoms with Crippen molar-refractivity contribution < 1.29 is 0 Å². The third-order valence-corrected chi connectivity index (χ3v) is 4.69. The average molecular weight is 328 g/mol. The van der Waals surface area contributed by atoms with Crippen molar-refractivity contribution in [2.45, 2.75) is 85.5 Å². The van der Waals surface area contributed by atoms with Crippen LogP contribution in [0.25, 0.3) is 0 Å². The van der Waals surface area contributed by atoms with Crippen molar-refractivity contribution in [1.82, 2.24) is 0 Å². The van der Waals surface area contributed by atoms with E-state index < -0.39 is 0 Å². The van der Waals surface area contributed by atoms with E-state index in [1.807, 2.05) is 0 Å². The molecule has 1 unspecified atom stereocenters. The van der Waals surface area contributed by atoms with Gasteiger partial charge in [-0.3, -0.25) is 0 Å². The zero-order valence-electron chi connectivity index (χ0n) is 16.7. The zero-order chi connectivity index (χ0) is 17.9. The monoisotopic (exact) mass is 327 g/mol. The van der Waals surface area contributed by atoms with Crippen LogP contribution in [0.5, 0.6) is 0 Å². The molecule has 0 aromatic rings. The van der Waals surface area contributed by atoms with Crippen LogP contribution in [0.15, 0.2) is 47.6 Å². The normalized spacial score (nSPS) is 19.6. The molecule has 0 aromatic carbocycles. The van der Waals surface area contributed by atoms with E-state index in [0.717, 1.165) is 11.8 Å². The third kappa shape index (κ3) is 8.71. The minimum Gasteiger partial charge on any atom is -0.100 e. The molecule has 0 fully saturated rings. The highest BCUT2D eigenvalue weighted by molar-refractivity contribution is 5.36. The molecule has 0 heterocycles. The first-order chi connectivity index (χ1) is 11.4. The summed E-state index contributed by atoms with van der Waals surface area (Å²) in [5.74, 6) is 1.57. The van der Waals surface area contributed by atoms with Crippen molar-refractivity contribution in [2.24, 2.45) is 11.8 Å². The summed E-state index contributed by atoms with van der Waals surface area (Å²) in [5, 5.41) is 0. The van der Waals surface area contributed by atoms with Crippen LogP contribution >= 0.6 is 0 Å². The van der Waals surface area contributed by atoms with Crippen LogP contribution < -0.4 is 0 Å². The van der Waals surface area contributed by atoms with Gasteiger partial charge in [0.15, 0.2) is 0 Å². The van der Waals surface area contributed by atoms with Gasteiger partial charge >= 0.3 is 0 Å². The van der Waals surface area contributed by atoms with E-state index in [-0.39, 0.29) is 0 Å². The molecule has 0 amide bonds. The minimum atomic E-state index is 0.734. The van der Waals surface area contributed by atoms with Crippen molar-refractivity contribution in [3.05, 3.63) is 54.0 Å². The van der Waals surface area contributed by atoms with E-state index in [1.165, 1.54) is 68.9 Å². The van der Waals surface area contributed by atoms with Gasteiger partial charge in [0.1, 0.15) is 0 Å². The summed E-state index contributed by atoms with van der Waals surface area (Å²) in [6.07, 6.45) is 18.2. The maximum absolute atomic E-state index is 4.38. The van der Waals surface area contributed by atoms with Gasteiger partial charge in [0.25, 0.3) is 0 Å². The van der Waals surface area contributed by atoms with Crippen molar-refractivity contribution >= 4 is 0 Å². The SMILES string of the molecule is C=C(C)CCCCCC(=C)C1CCC2=C([CH]C=CC2)C1.CC(C)C. The standard InChI is InChI=1S/C20H29.C4H10/c1-16(2)9-5-4-6-10-17(3)19-14-13-18-11-7-8-12-20(18)15-19;1-4(2)3/h7-8,12,19H,1,3-6,9-11,13-15H2,2H3;4H,1-3H3. The molecule has 2 aliphatic carbocycles. The van der Waals surface area contributed by atoms with Crippen molar-refractivity contribution in [3.63, 3.8) is 0 Å². The van der Waals surface area contributed by atoms with Crippen molar-refractivity contribution in [1.29, 1.82) is 0 Å². The van der Waals surface area contributed by atoms with Gasteiger partial charge in [-0.2, -0.15) is 0 Å². The molecule has 135 valence electrons. The lowest BCUT2D eigenvalue weighted by atomic mass is 9.76. The van der Waals surface area contributed by atoms with Crippen LogP contribution in [0.2, 0.25) is 0 Å². The number of allylic oxidation sites excluding steroid dienone is 6. The molecule has 0 heteroatoms. The Balaban J connectivity index is 0.000000648. The van der Waals surface area contributed by atoms with E-state index in [4.69, 9.17) is 0 Å². The van der Waals surface area contributed by atoms with E-state index in [9.17, 15) is 0 Å². The van der Waals surface area contributed by atoms with Crippen molar-refractivity contribution in [3.8, 4) is 0 Å². The molecule has 0 spiro atoms.